The number of ether oxygens (including phenoxy) is 1. The van der Waals surface area contributed by atoms with Crippen LogP contribution in [0, 0.1) is 0 Å². The summed E-state index contributed by atoms with van der Waals surface area (Å²) in [4.78, 5) is 0. The van der Waals surface area contributed by atoms with Crippen LogP contribution in [0.5, 0.6) is 5.75 Å². The first kappa shape index (κ1) is 9.81. The zero-order valence-corrected chi connectivity index (χ0v) is 8.87. The molecule has 3 heteroatoms. The van der Waals surface area contributed by atoms with Gasteiger partial charge in [-0.1, -0.05) is 33.7 Å². The largest absolute Gasteiger partial charge is 0.497 e. The van der Waals surface area contributed by atoms with Crippen molar-refractivity contribution in [1.82, 2.24) is 0 Å². The van der Waals surface area contributed by atoms with Crippen LogP contribution in [-0.2, 0) is 5.75 Å². The Morgan fingerprint density at radius 1 is 1.25 bits per heavy atom. The lowest BCUT2D eigenvalue weighted by atomic mass is 10.2. The van der Waals surface area contributed by atoms with Crippen LogP contribution in [0.25, 0.3) is 0 Å². The molecule has 0 amide bonds. The van der Waals surface area contributed by atoms with Gasteiger partial charge in [0, 0.05) is 5.75 Å². The highest BCUT2D eigenvalue weighted by Crippen LogP contribution is 2.23. The van der Waals surface area contributed by atoms with E-state index < -0.39 is 0 Å². The molecule has 1 aromatic rings. The van der Waals surface area contributed by atoms with E-state index in [1.165, 1.54) is 5.56 Å². The zero-order chi connectivity index (χ0) is 8.81. The topological polar surface area (TPSA) is 9.23 Å². The Hall–Kier alpha value is -0.280. The maximum Gasteiger partial charge on any atom is 0.118 e. The minimum Gasteiger partial charge on any atom is -0.497 e. The number of hydrogen-bond donors (Lipinski definition) is 0. The highest BCUT2D eigenvalue weighted by molar-refractivity contribution is 8.76. The van der Waals surface area contributed by atoms with Crippen LogP contribution in [0.4, 0.5) is 0 Å². The van der Waals surface area contributed by atoms with Crippen molar-refractivity contribution in [2.45, 2.75) is 5.75 Å². The Labute approximate surface area is 81.3 Å². The van der Waals surface area contributed by atoms with Gasteiger partial charge in [-0.3, -0.25) is 0 Å². The average molecular weight is 200 g/mol. The molecule has 0 unspecified atom stereocenters. The molecule has 0 spiro atoms. The molecule has 1 rings (SSSR count). The van der Waals surface area contributed by atoms with Gasteiger partial charge in [0.1, 0.15) is 5.75 Å². The van der Waals surface area contributed by atoms with E-state index in [4.69, 9.17) is 4.74 Å². The molecular formula is C9H12OS2. The summed E-state index contributed by atoms with van der Waals surface area (Å²) in [5, 5.41) is 0. The first-order chi connectivity index (χ1) is 5.86. The van der Waals surface area contributed by atoms with Gasteiger partial charge in [-0.15, -0.1) is 0 Å². The fourth-order valence-electron chi connectivity index (χ4n) is 0.849. The molecule has 0 N–H and O–H groups in total. The second kappa shape index (κ2) is 5.38. The lowest BCUT2D eigenvalue weighted by molar-refractivity contribution is 0.414. The van der Waals surface area contributed by atoms with E-state index >= 15 is 0 Å². The summed E-state index contributed by atoms with van der Waals surface area (Å²) in [6.07, 6.45) is 2.09. The summed E-state index contributed by atoms with van der Waals surface area (Å²) in [6, 6.07) is 8.19. The summed E-state index contributed by atoms with van der Waals surface area (Å²) in [5.74, 6) is 1.98. The van der Waals surface area contributed by atoms with Gasteiger partial charge in [0.2, 0.25) is 0 Å². The van der Waals surface area contributed by atoms with Crippen LogP contribution >= 0.6 is 21.6 Å². The molecule has 0 aliphatic heterocycles. The average Bonchev–Trinajstić information content (AvgIpc) is 2.15. The van der Waals surface area contributed by atoms with Crippen molar-refractivity contribution in [2.24, 2.45) is 0 Å². The number of rotatable bonds is 4. The van der Waals surface area contributed by atoms with Gasteiger partial charge in [0.15, 0.2) is 0 Å². The Morgan fingerprint density at radius 2 is 1.92 bits per heavy atom. The molecule has 0 heterocycles. The summed E-state index contributed by atoms with van der Waals surface area (Å²) >= 11 is 0. The molecule has 1 aromatic carbocycles. The number of hydrogen-bond acceptors (Lipinski definition) is 3. The predicted octanol–water partition coefficient (Wildman–Crippen LogP) is 3.21. The summed E-state index contributed by atoms with van der Waals surface area (Å²) < 4.78 is 5.06. The fourth-order valence-corrected chi connectivity index (χ4v) is 2.06. The van der Waals surface area contributed by atoms with Crippen LogP contribution in [0.2, 0.25) is 0 Å². The minimum atomic E-state index is 0.924. The van der Waals surface area contributed by atoms with Gasteiger partial charge < -0.3 is 4.74 Å². The summed E-state index contributed by atoms with van der Waals surface area (Å²) in [7, 11) is 5.33. The quantitative estimate of drug-likeness (QED) is 0.691. The molecule has 12 heavy (non-hydrogen) atoms. The van der Waals surface area contributed by atoms with Crippen molar-refractivity contribution in [1.29, 1.82) is 0 Å². The molecule has 0 aliphatic carbocycles. The lowest BCUT2D eigenvalue weighted by Crippen LogP contribution is -1.83. The molecule has 66 valence electrons. The van der Waals surface area contributed by atoms with Crippen LogP contribution in [0.15, 0.2) is 24.3 Å². The van der Waals surface area contributed by atoms with E-state index in [2.05, 4.69) is 18.4 Å². The van der Waals surface area contributed by atoms with Gasteiger partial charge in [0.05, 0.1) is 7.11 Å². The van der Waals surface area contributed by atoms with E-state index in [0.29, 0.717) is 0 Å². The van der Waals surface area contributed by atoms with Crippen LogP contribution in [-0.4, -0.2) is 13.4 Å². The minimum absolute atomic E-state index is 0.924. The first-order valence-electron chi connectivity index (χ1n) is 3.65. The van der Waals surface area contributed by atoms with E-state index in [1.807, 2.05) is 22.9 Å². The van der Waals surface area contributed by atoms with Gasteiger partial charge >= 0.3 is 0 Å². The zero-order valence-electron chi connectivity index (χ0n) is 7.24. The van der Waals surface area contributed by atoms with E-state index in [0.717, 1.165) is 11.5 Å². The van der Waals surface area contributed by atoms with Gasteiger partial charge in [-0.25, -0.2) is 0 Å². The monoisotopic (exact) mass is 200 g/mol. The molecule has 1 nitrogen and oxygen atoms in total. The van der Waals surface area contributed by atoms with Crippen molar-refractivity contribution in [3.63, 3.8) is 0 Å². The van der Waals surface area contributed by atoms with Crippen LogP contribution < -0.4 is 4.74 Å². The van der Waals surface area contributed by atoms with E-state index in [9.17, 15) is 0 Å². The molecule has 0 saturated carbocycles. The van der Waals surface area contributed by atoms with E-state index in [1.54, 1.807) is 17.9 Å². The molecule has 0 aliphatic rings. The van der Waals surface area contributed by atoms with Crippen LogP contribution in [0.1, 0.15) is 5.56 Å². The SMILES string of the molecule is COc1ccc(CSSC)cc1. The van der Waals surface area contributed by atoms with Gasteiger partial charge in [-0.05, 0) is 24.0 Å². The smallest absolute Gasteiger partial charge is 0.118 e. The van der Waals surface area contributed by atoms with Crippen LogP contribution in [0.3, 0.4) is 0 Å². The molecule has 0 radical (unpaired) electrons. The fraction of sp³-hybridized carbons (Fsp3) is 0.333. The second-order valence-corrected chi connectivity index (χ2v) is 4.84. The summed E-state index contributed by atoms with van der Waals surface area (Å²) in [5.41, 5.74) is 1.34. The van der Waals surface area contributed by atoms with Gasteiger partial charge in [-0.2, -0.15) is 0 Å². The normalized spacial score (nSPS) is 9.83. The van der Waals surface area contributed by atoms with E-state index in [-0.39, 0.29) is 0 Å². The highest BCUT2D eigenvalue weighted by atomic mass is 33.1. The van der Waals surface area contributed by atoms with Crippen molar-refractivity contribution in [2.75, 3.05) is 13.4 Å². The molecule has 0 atom stereocenters. The van der Waals surface area contributed by atoms with Crippen molar-refractivity contribution in [3.05, 3.63) is 29.8 Å². The molecule has 0 saturated heterocycles. The molecule has 0 aromatic heterocycles. The third-order valence-corrected chi connectivity index (χ3v) is 3.25. The Balaban J connectivity index is 2.53. The number of methoxy groups -OCH3 is 1. The summed E-state index contributed by atoms with van der Waals surface area (Å²) in [6.45, 7) is 0. The Kier molecular flexibility index (Phi) is 4.40. The maximum atomic E-state index is 5.06. The second-order valence-electron chi connectivity index (χ2n) is 2.28. The predicted molar refractivity (Wildman–Crippen MR) is 57.8 cm³/mol. The molecule has 0 bridgehead atoms. The molecular weight excluding hydrogens is 188 g/mol. The Morgan fingerprint density at radius 3 is 2.42 bits per heavy atom. The highest BCUT2D eigenvalue weighted by Gasteiger charge is 1.93. The third kappa shape index (κ3) is 2.99. The van der Waals surface area contributed by atoms with Crippen molar-refractivity contribution >= 4 is 21.6 Å². The third-order valence-electron chi connectivity index (χ3n) is 1.50. The Bertz CT molecular complexity index is 220. The maximum absolute atomic E-state index is 5.06. The first-order valence-corrected chi connectivity index (χ1v) is 6.38. The van der Waals surface area contributed by atoms with Crippen molar-refractivity contribution < 1.29 is 4.74 Å². The molecule has 0 fully saturated rings. The number of benzene rings is 1. The lowest BCUT2D eigenvalue weighted by Gasteiger charge is -2.01. The van der Waals surface area contributed by atoms with Gasteiger partial charge in [0.25, 0.3) is 0 Å². The van der Waals surface area contributed by atoms with Crippen molar-refractivity contribution in [3.8, 4) is 5.75 Å². The standard InChI is InChI=1S/C9H12OS2/c1-10-9-5-3-8(4-6-9)7-12-11-2/h3-6H,7H2,1-2H3.